The summed E-state index contributed by atoms with van der Waals surface area (Å²) in [5.41, 5.74) is 0.678. The molecule has 5 heteroatoms. The Bertz CT molecular complexity index is 505. The summed E-state index contributed by atoms with van der Waals surface area (Å²) in [6, 6.07) is 6.97. The van der Waals surface area contributed by atoms with Gasteiger partial charge < -0.3 is 14.5 Å². The van der Waals surface area contributed by atoms with Gasteiger partial charge in [0.05, 0.1) is 0 Å². The number of nitrogens with zero attached hydrogens (tertiary/aromatic N) is 2. The Morgan fingerprint density at radius 3 is 2.23 bits per heavy atom. The Morgan fingerprint density at radius 2 is 1.68 bits per heavy atom. The zero-order chi connectivity index (χ0) is 15.9. The van der Waals surface area contributed by atoms with Crippen LogP contribution in [0.2, 0.25) is 0 Å². The van der Waals surface area contributed by atoms with Crippen LogP contribution < -0.4 is 4.74 Å². The van der Waals surface area contributed by atoms with Gasteiger partial charge in [0.25, 0.3) is 5.91 Å². The molecule has 0 aromatic heterocycles. The fraction of sp³-hybridized carbons (Fsp3) is 0.529. The molecule has 0 saturated carbocycles. The van der Waals surface area contributed by atoms with Gasteiger partial charge in [0.1, 0.15) is 5.75 Å². The number of amides is 1. The standard InChI is InChI=1S/C17H24N2O3/c1-3-16(20)14-5-7-15(8-6-14)22-13-17(21)19-11-9-18(4-2)10-12-19/h5-8H,3-4,9-13H2,1-2H3. The summed E-state index contributed by atoms with van der Waals surface area (Å²) in [7, 11) is 0. The number of likely N-dealkylation sites (N-methyl/N-ethyl adjacent to an activating group) is 1. The van der Waals surface area contributed by atoms with Crippen molar-refractivity contribution in [2.45, 2.75) is 20.3 Å². The summed E-state index contributed by atoms with van der Waals surface area (Å²) in [4.78, 5) is 27.8. The van der Waals surface area contributed by atoms with Gasteiger partial charge in [-0.2, -0.15) is 0 Å². The fourth-order valence-electron chi connectivity index (χ4n) is 2.49. The monoisotopic (exact) mass is 304 g/mol. The zero-order valence-corrected chi connectivity index (χ0v) is 13.4. The smallest absolute Gasteiger partial charge is 0.260 e. The van der Waals surface area contributed by atoms with Crippen molar-refractivity contribution >= 4 is 11.7 Å². The SMILES string of the molecule is CCC(=O)c1ccc(OCC(=O)N2CCN(CC)CC2)cc1. The van der Waals surface area contributed by atoms with E-state index < -0.39 is 0 Å². The summed E-state index contributed by atoms with van der Waals surface area (Å²) < 4.78 is 5.53. The van der Waals surface area contributed by atoms with Gasteiger partial charge in [-0.05, 0) is 30.8 Å². The Morgan fingerprint density at radius 1 is 1.05 bits per heavy atom. The van der Waals surface area contributed by atoms with E-state index in [1.165, 1.54) is 0 Å². The minimum Gasteiger partial charge on any atom is -0.484 e. The van der Waals surface area contributed by atoms with E-state index >= 15 is 0 Å². The largest absolute Gasteiger partial charge is 0.484 e. The number of carbonyl (C=O) groups excluding carboxylic acids is 2. The Hall–Kier alpha value is -1.88. The minimum absolute atomic E-state index is 0.0180. The molecule has 1 heterocycles. The summed E-state index contributed by atoms with van der Waals surface area (Å²) in [5, 5.41) is 0. The van der Waals surface area contributed by atoms with Gasteiger partial charge in [0.15, 0.2) is 12.4 Å². The van der Waals surface area contributed by atoms with E-state index in [-0.39, 0.29) is 18.3 Å². The average molecular weight is 304 g/mol. The molecule has 1 fully saturated rings. The van der Waals surface area contributed by atoms with Crippen molar-refractivity contribution in [3.63, 3.8) is 0 Å². The summed E-state index contributed by atoms with van der Waals surface area (Å²) in [6.07, 6.45) is 0.489. The average Bonchev–Trinajstić information content (AvgIpc) is 2.59. The molecule has 2 rings (SSSR count). The van der Waals surface area contributed by atoms with E-state index in [1.807, 2.05) is 11.8 Å². The molecule has 1 aromatic carbocycles. The molecule has 0 atom stereocenters. The Kier molecular flexibility index (Phi) is 5.95. The summed E-state index contributed by atoms with van der Waals surface area (Å²) >= 11 is 0. The molecule has 120 valence electrons. The normalized spacial score (nSPS) is 15.6. The molecule has 1 aliphatic heterocycles. The first-order chi connectivity index (χ1) is 10.6. The predicted molar refractivity (Wildman–Crippen MR) is 85.3 cm³/mol. The number of carbonyl (C=O) groups is 2. The Labute approximate surface area is 131 Å². The van der Waals surface area contributed by atoms with Crippen molar-refractivity contribution in [2.24, 2.45) is 0 Å². The molecule has 0 spiro atoms. The highest BCUT2D eigenvalue weighted by Crippen LogP contribution is 2.14. The van der Waals surface area contributed by atoms with E-state index in [9.17, 15) is 9.59 Å². The second kappa shape index (κ2) is 7.94. The molecule has 1 aliphatic rings. The first-order valence-electron chi connectivity index (χ1n) is 7.90. The van der Waals surface area contributed by atoms with Crippen LogP contribution in [-0.4, -0.2) is 60.8 Å². The van der Waals surface area contributed by atoms with Gasteiger partial charge >= 0.3 is 0 Å². The number of hydrogen-bond acceptors (Lipinski definition) is 4. The molecule has 0 bridgehead atoms. The molecule has 1 saturated heterocycles. The lowest BCUT2D eigenvalue weighted by Gasteiger charge is -2.33. The number of rotatable bonds is 6. The summed E-state index contributed by atoms with van der Waals surface area (Å²) in [5.74, 6) is 0.745. The fourth-order valence-corrected chi connectivity index (χ4v) is 2.49. The van der Waals surface area contributed by atoms with Gasteiger partial charge in [0.2, 0.25) is 0 Å². The molecule has 0 unspecified atom stereocenters. The highest BCUT2D eigenvalue weighted by atomic mass is 16.5. The van der Waals surface area contributed by atoms with E-state index in [0.29, 0.717) is 17.7 Å². The zero-order valence-electron chi connectivity index (χ0n) is 13.4. The van der Waals surface area contributed by atoms with Gasteiger partial charge in [-0.15, -0.1) is 0 Å². The van der Waals surface area contributed by atoms with E-state index in [1.54, 1.807) is 24.3 Å². The van der Waals surface area contributed by atoms with Crippen LogP contribution in [0.25, 0.3) is 0 Å². The van der Waals surface area contributed by atoms with E-state index in [0.717, 1.165) is 32.7 Å². The van der Waals surface area contributed by atoms with Crippen LogP contribution in [0, 0.1) is 0 Å². The van der Waals surface area contributed by atoms with Crippen molar-refractivity contribution in [2.75, 3.05) is 39.3 Å². The summed E-state index contributed by atoms with van der Waals surface area (Å²) in [6.45, 7) is 8.43. The highest BCUT2D eigenvalue weighted by molar-refractivity contribution is 5.95. The number of piperazine rings is 1. The highest BCUT2D eigenvalue weighted by Gasteiger charge is 2.20. The molecule has 0 N–H and O–H groups in total. The molecular formula is C17H24N2O3. The third-order valence-electron chi connectivity index (χ3n) is 4.03. The lowest BCUT2D eigenvalue weighted by molar-refractivity contribution is -0.135. The third-order valence-corrected chi connectivity index (χ3v) is 4.03. The van der Waals surface area contributed by atoms with Crippen molar-refractivity contribution in [3.8, 4) is 5.75 Å². The van der Waals surface area contributed by atoms with E-state index in [4.69, 9.17) is 4.74 Å². The molecule has 1 aromatic rings. The molecule has 0 radical (unpaired) electrons. The van der Waals surface area contributed by atoms with Crippen LogP contribution in [0.15, 0.2) is 24.3 Å². The topological polar surface area (TPSA) is 49.9 Å². The van der Waals surface area contributed by atoms with Gasteiger partial charge in [-0.25, -0.2) is 0 Å². The first-order valence-corrected chi connectivity index (χ1v) is 7.90. The van der Waals surface area contributed by atoms with Crippen molar-refractivity contribution < 1.29 is 14.3 Å². The molecule has 5 nitrogen and oxygen atoms in total. The quantitative estimate of drug-likeness (QED) is 0.752. The number of ether oxygens (including phenoxy) is 1. The number of hydrogen-bond donors (Lipinski definition) is 0. The van der Waals surface area contributed by atoms with Gasteiger partial charge in [-0.1, -0.05) is 13.8 Å². The van der Waals surface area contributed by atoms with Crippen LogP contribution in [0.5, 0.6) is 5.75 Å². The first kappa shape index (κ1) is 16.5. The minimum atomic E-state index is 0.0180. The Balaban J connectivity index is 1.80. The maximum Gasteiger partial charge on any atom is 0.260 e. The maximum absolute atomic E-state index is 12.1. The van der Waals surface area contributed by atoms with Crippen LogP contribution in [0.3, 0.4) is 0 Å². The van der Waals surface area contributed by atoms with Gasteiger partial charge in [0, 0.05) is 38.2 Å². The second-order valence-electron chi connectivity index (χ2n) is 5.40. The number of benzene rings is 1. The van der Waals surface area contributed by atoms with Crippen molar-refractivity contribution in [3.05, 3.63) is 29.8 Å². The van der Waals surface area contributed by atoms with E-state index in [2.05, 4.69) is 11.8 Å². The van der Waals surface area contributed by atoms with Crippen LogP contribution in [-0.2, 0) is 4.79 Å². The second-order valence-corrected chi connectivity index (χ2v) is 5.40. The molecular weight excluding hydrogens is 280 g/mol. The predicted octanol–water partition coefficient (Wildman–Crippen LogP) is 1.82. The lowest BCUT2D eigenvalue weighted by atomic mass is 10.1. The van der Waals surface area contributed by atoms with Crippen molar-refractivity contribution in [1.82, 2.24) is 9.80 Å². The number of Topliss-reactive ketones (excluding diaryl/α,β-unsaturated/α-hetero) is 1. The molecule has 0 aliphatic carbocycles. The van der Waals surface area contributed by atoms with Crippen LogP contribution in [0.1, 0.15) is 30.6 Å². The van der Waals surface area contributed by atoms with Gasteiger partial charge in [-0.3, -0.25) is 9.59 Å². The van der Waals surface area contributed by atoms with Crippen molar-refractivity contribution in [1.29, 1.82) is 0 Å². The third kappa shape index (κ3) is 4.31. The number of ketones is 1. The van der Waals surface area contributed by atoms with Crippen LogP contribution >= 0.6 is 0 Å². The molecule has 1 amide bonds. The maximum atomic E-state index is 12.1. The van der Waals surface area contributed by atoms with Crippen LogP contribution in [0.4, 0.5) is 0 Å². The lowest BCUT2D eigenvalue weighted by Crippen LogP contribution is -2.49. The molecule has 22 heavy (non-hydrogen) atoms.